The minimum atomic E-state index is -0.217. The molecule has 0 unspecified atom stereocenters. The third kappa shape index (κ3) is 5.17. The number of nitrogens with one attached hydrogen (secondary N) is 2. The zero-order valence-corrected chi connectivity index (χ0v) is 14.8. The maximum atomic E-state index is 12.1. The van der Waals surface area contributed by atoms with Gasteiger partial charge in [0.05, 0.1) is 6.54 Å². The molecular formula is C19H23ClN2O2. The number of amides is 2. The van der Waals surface area contributed by atoms with Crippen molar-refractivity contribution in [3.05, 3.63) is 58.6 Å². The molecule has 0 spiro atoms. The highest BCUT2D eigenvalue weighted by Gasteiger charge is 2.09. The molecule has 5 heteroatoms. The van der Waals surface area contributed by atoms with Crippen LogP contribution in [0.5, 0.6) is 5.75 Å². The molecule has 0 radical (unpaired) electrons. The average Bonchev–Trinajstić information content (AvgIpc) is 2.60. The predicted molar refractivity (Wildman–Crippen MR) is 99.2 cm³/mol. The number of aryl methyl sites for hydroxylation is 2. The molecule has 128 valence electrons. The van der Waals surface area contributed by atoms with Crippen molar-refractivity contribution >= 4 is 23.3 Å². The Hall–Kier alpha value is -2.20. The largest absolute Gasteiger partial charge is 0.492 e. The maximum absolute atomic E-state index is 12.1. The average molecular weight is 347 g/mol. The summed E-state index contributed by atoms with van der Waals surface area (Å²) in [6.07, 6.45) is 1.76. The summed E-state index contributed by atoms with van der Waals surface area (Å²) >= 11 is 5.82. The lowest BCUT2D eigenvalue weighted by Gasteiger charge is -2.15. The van der Waals surface area contributed by atoms with E-state index in [-0.39, 0.29) is 6.03 Å². The van der Waals surface area contributed by atoms with Gasteiger partial charge in [0.2, 0.25) is 0 Å². The van der Waals surface area contributed by atoms with Crippen LogP contribution in [0.4, 0.5) is 10.5 Å². The van der Waals surface area contributed by atoms with Crippen molar-refractivity contribution in [2.75, 3.05) is 18.5 Å². The Kier molecular flexibility index (Phi) is 6.94. The normalized spacial score (nSPS) is 10.3. The van der Waals surface area contributed by atoms with E-state index < -0.39 is 0 Å². The van der Waals surface area contributed by atoms with E-state index in [2.05, 4.69) is 24.5 Å². The molecule has 2 aromatic rings. The highest BCUT2D eigenvalue weighted by Crippen LogP contribution is 2.22. The van der Waals surface area contributed by atoms with E-state index in [4.69, 9.17) is 16.3 Å². The number of carbonyl (C=O) groups is 1. The minimum Gasteiger partial charge on any atom is -0.492 e. The van der Waals surface area contributed by atoms with Gasteiger partial charge in [0.15, 0.2) is 0 Å². The Morgan fingerprint density at radius 3 is 2.25 bits per heavy atom. The Labute approximate surface area is 148 Å². The number of hydrogen-bond acceptors (Lipinski definition) is 2. The van der Waals surface area contributed by atoms with Gasteiger partial charge in [-0.1, -0.05) is 43.6 Å². The number of para-hydroxylation sites is 1. The van der Waals surface area contributed by atoms with Crippen molar-refractivity contribution in [3.8, 4) is 5.75 Å². The van der Waals surface area contributed by atoms with Gasteiger partial charge in [-0.05, 0) is 48.2 Å². The molecule has 24 heavy (non-hydrogen) atoms. The standard InChI is InChI=1S/C19H23ClN2O2/c1-3-14-6-5-7-15(4-2)18(14)22-19(23)21-12-13-24-17-10-8-16(20)9-11-17/h5-11H,3-4,12-13H2,1-2H3,(H2,21,22,23). The van der Waals surface area contributed by atoms with Crippen molar-refractivity contribution in [2.45, 2.75) is 26.7 Å². The topological polar surface area (TPSA) is 50.4 Å². The van der Waals surface area contributed by atoms with Gasteiger partial charge in [0.25, 0.3) is 0 Å². The summed E-state index contributed by atoms with van der Waals surface area (Å²) in [7, 11) is 0. The number of carbonyl (C=O) groups excluding carboxylic acids is 1. The van der Waals surface area contributed by atoms with Gasteiger partial charge < -0.3 is 15.4 Å². The maximum Gasteiger partial charge on any atom is 0.319 e. The molecule has 2 amide bonds. The summed E-state index contributed by atoms with van der Waals surface area (Å²) in [6.45, 7) is 4.98. The van der Waals surface area contributed by atoms with Gasteiger partial charge >= 0.3 is 6.03 Å². The van der Waals surface area contributed by atoms with Crippen LogP contribution in [0.25, 0.3) is 0 Å². The fraction of sp³-hybridized carbons (Fsp3) is 0.316. The summed E-state index contributed by atoms with van der Waals surface area (Å²) in [6, 6.07) is 13.0. The Morgan fingerprint density at radius 2 is 1.67 bits per heavy atom. The zero-order valence-electron chi connectivity index (χ0n) is 14.1. The summed E-state index contributed by atoms with van der Waals surface area (Å²) in [5.74, 6) is 0.728. The molecule has 0 saturated heterocycles. The Balaban J connectivity index is 1.82. The number of hydrogen-bond donors (Lipinski definition) is 2. The number of halogens is 1. The van der Waals surface area contributed by atoms with Crippen LogP contribution in [0.2, 0.25) is 5.02 Å². The van der Waals surface area contributed by atoms with Gasteiger partial charge in [0, 0.05) is 10.7 Å². The predicted octanol–water partition coefficient (Wildman–Crippen LogP) is 4.67. The van der Waals surface area contributed by atoms with Gasteiger partial charge in [-0.25, -0.2) is 4.79 Å². The van der Waals surface area contributed by atoms with Crippen molar-refractivity contribution < 1.29 is 9.53 Å². The molecule has 0 aliphatic rings. The quantitative estimate of drug-likeness (QED) is 0.716. The molecule has 0 aliphatic carbocycles. The van der Waals surface area contributed by atoms with Crippen molar-refractivity contribution in [3.63, 3.8) is 0 Å². The summed E-state index contributed by atoms with van der Waals surface area (Å²) < 4.78 is 5.55. The summed E-state index contributed by atoms with van der Waals surface area (Å²) in [4.78, 5) is 12.1. The van der Waals surface area contributed by atoms with Gasteiger partial charge in [0.1, 0.15) is 12.4 Å². The van der Waals surface area contributed by atoms with Crippen LogP contribution in [-0.2, 0) is 12.8 Å². The molecule has 0 atom stereocenters. The molecule has 0 aliphatic heterocycles. The molecule has 0 bridgehead atoms. The monoisotopic (exact) mass is 346 g/mol. The first-order valence-electron chi connectivity index (χ1n) is 8.18. The molecule has 2 aromatic carbocycles. The Bertz CT molecular complexity index is 649. The lowest BCUT2D eigenvalue weighted by atomic mass is 10.0. The van der Waals surface area contributed by atoms with E-state index in [1.807, 2.05) is 18.2 Å². The van der Waals surface area contributed by atoms with Crippen LogP contribution in [0.1, 0.15) is 25.0 Å². The highest BCUT2D eigenvalue weighted by molar-refractivity contribution is 6.30. The lowest BCUT2D eigenvalue weighted by molar-refractivity contribution is 0.247. The van der Waals surface area contributed by atoms with E-state index in [0.717, 1.165) is 35.4 Å². The lowest BCUT2D eigenvalue weighted by Crippen LogP contribution is -2.32. The second kappa shape index (κ2) is 9.18. The minimum absolute atomic E-state index is 0.217. The third-order valence-corrected chi connectivity index (χ3v) is 3.96. The first-order chi connectivity index (χ1) is 11.6. The number of benzene rings is 2. The van der Waals surface area contributed by atoms with Crippen LogP contribution in [0, 0.1) is 0 Å². The smallest absolute Gasteiger partial charge is 0.319 e. The zero-order chi connectivity index (χ0) is 17.4. The first-order valence-corrected chi connectivity index (χ1v) is 8.55. The Morgan fingerprint density at radius 1 is 1.04 bits per heavy atom. The van der Waals surface area contributed by atoms with Crippen molar-refractivity contribution in [1.82, 2.24) is 5.32 Å². The van der Waals surface area contributed by atoms with Crippen LogP contribution < -0.4 is 15.4 Å². The SMILES string of the molecule is CCc1cccc(CC)c1NC(=O)NCCOc1ccc(Cl)cc1. The van der Waals surface area contributed by atoms with E-state index in [1.165, 1.54) is 0 Å². The fourth-order valence-corrected chi connectivity index (χ4v) is 2.55. The molecular weight excluding hydrogens is 324 g/mol. The molecule has 0 saturated carbocycles. The van der Waals surface area contributed by atoms with E-state index in [9.17, 15) is 4.79 Å². The molecule has 0 aromatic heterocycles. The second-order valence-corrected chi connectivity index (χ2v) is 5.78. The van der Waals surface area contributed by atoms with Crippen LogP contribution in [-0.4, -0.2) is 19.2 Å². The number of anilines is 1. The van der Waals surface area contributed by atoms with E-state index >= 15 is 0 Å². The van der Waals surface area contributed by atoms with Crippen molar-refractivity contribution in [2.24, 2.45) is 0 Å². The van der Waals surface area contributed by atoms with Gasteiger partial charge in [-0.2, -0.15) is 0 Å². The summed E-state index contributed by atoms with van der Waals surface area (Å²) in [5.41, 5.74) is 3.20. The number of rotatable bonds is 7. The van der Waals surface area contributed by atoms with Gasteiger partial charge in [-0.3, -0.25) is 0 Å². The molecule has 0 heterocycles. The van der Waals surface area contributed by atoms with Gasteiger partial charge in [-0.15, -0.1) is 0 Å². The molecule has 4 nitrogen and oxygen atoms in total. The first kappa shape index (κ1) is 18.1. The number of urea groups is 1. The molecule has 2 rings (SSSR count). The van der Waals surface area contributed by atoms with E-state index in [1.54, 1.807) is 24.3 Å². The summed E-state index contributed by atoms with van der Waals surface area (Å²) in [5, 5.41) is 6.45. The second-order valence-electron chi connectivity index (χ2n) is 5.34. The highest BCUT2D eigenvalue weighted by atomic mass is 35.5. The van der Waals surface area contributed by atoms with Crippen LogP contribution >= 0.6 is 11.6 Å². The number of ether oxygens (including phenoxy) is 1. The fourth-order valence-electron chi connectivity index (χ4n) is 2.43. The molecule has 0 fully saturated rings. The van der Waals surface area contributed by atoms with E-state index in [0.29, 0.717) is 18.2 Å². The van der Waals surface area contributed by atoms with Crippen molar-refractivity contribution in [1.29, 1.82) is 0 Å². The third-order valence-electron chi connectivity index (χ3n) is 3.71. The van der Waals surface area contributed by atoms with Crippen LogP contribution in [0.3, 0.4) is 0 Å². The molecule has 2 N–H and O–H groups in total. The van der Waals surface area contributed by atoms with Crippen LogP contribution in [0.15, 0.2) is 42.5 Å².